The van der Waals surface area contributed by atoms with Crippen LogP contribution in [0.5, 0.6) is 0 Å². The molecule has 4 nitrogen and oxygen atoms in total. The second-order valence-corrected chi connectivity index (χ2v) is 5.90. The molecule has 0 radical (unpaired) electrons. The summed E-state index contributed by atoms with van der Waals surface area (Å²) >= 11 is 1.67. The van der Waals surface area contributed by atoms with Gasteiger partial charge in [0.2, 0.25) is 0 Å². The third-order valence-corrected chi connectivity index (χ3v) is 4.34. The molecule has 1 unspecified atom stereocenters. The molecule has 0 saturated carbocycles. The first-order valence-corrected chi connectivity index (χ1v) is 7.25. The largest absolute Gasteiger partial charge is 0.387 e. The van der Waals surface area contributed by atoms with Crippen LogP contribution in [-0.2, 0) is 0 Å². The molecule has 1 fully saturated rings. The Balaban J connectivity index is 1.89. The molecule has 1 aliphatic rings. The van der Waals surface area contributed by atoms with Gasteiger partial charge in [-0.3, -0.25) is 0 Å². The number of aryl methyl sites for hydroxylation is 1. The topological polar surface area (TPSA) is 61.4 Å². The molecule has 104 valence electrons. The fourth-order valence-electron chi connectivity index (χ4n) is 1.88. The van der Waals surface area contributed by atoms with E-state index in [4.69, 9.17) is 0 Å². The summed E-state index contributed by atoms with van der Waals surface area (Å²) in [6, 6.07) is 3.79. The minimum absolute atomic E-state index is 0.209. The van der Waals surface area contributed by atoms with Crippen LogP contribution in [-0.4, -0.2) is 34.8 Å². The summed E-state index contributed by atoms with van der Waals surface area (Å²) in [6.45, 7) is 2.00. The maximum absolute atomic E-state index is 13.1. The molecule has 0 bridgehead atoms. The van der Waals surface area contributed by atoms with Crippen molar-refractivity contribution in [2.75, 3.05) is 23.4 Å². The van der Waals surface area contributed by atoms with Gasteiger partial charge >= 0.3 is 6.03 Å². The van der Waals surface area contributed by atoms with Crippen LogP contribution in [0.1, 0.15) is 12.0 Å². The fourth-order valence-corrected chi connectivity index (χ4v) is 3.17. The number of carbonyl (C=O) groups is 1. The van der Waals surface area contributed by atoms with E-state index in [0.717, 1.165) is 11.3 Å². The number of carbonyl (C=O) groups excluding carboxylic acids is 1. The van der Waals surface area contributed by atoms with Crippen LogP contribution in [0.4, 0.5) is 14.9 Å². The standard InChI is InChI=1S/C13H17FN2O2S/c1-9-2-3-10(14)6-11(9)16-12(17)15-7-13(18)4-5-19-8-13/h2-3,6,18H,4-5,7-8H2,1H3,(H2,15,16,17). The molecular formula is C13H17FN2O2S. The van der Waals surface area contributed by atoms with E-state index in [1.807, 2.05) is 0 Å². The predicted molar refractivity (Wildman–Crippen MR) is 75.1 cm³/mol. The normalized spacial score (nSPS) is 22.3. The molecule has 1 aromatic carbocycles. The first-order valence-electron chi connectivity index (χ1n) is 6.10. The molecule has 0 aliphatic carbocycles. The van der Waals surface area contributed by atoms with Gasteiger partial charge in [0.25, 0.3) is 0 Å². The number of benzene rings is 1. The number of thioether (sulfide) groups is 1. The van der Waals surface area contributed by atoms with E-state index >= 15 is 0 Å². The average molecular weight is 284 g/mol. The summed E-state index contributed by atoms with van der Waals surface area (Å²) in [5.41, 5.74) is 0.399. The van der Waals surface area contributed by atoms with Crippen molar-refractivity contribution in [3.8, 4) is 0 Å². The second kappa shape index (κ2) is 5.79. The smallest absolute Gasteiger partial charge is 0.319 e. The van der Waals surface area contributed by atoms with Gasteiger partial charge in [-0.1, -0.05) is 6.07 Å². The number of halogens is 1. The molecule has 1 heterocycles. The minimum atomic E-state index is -0.820. The van der Waals surface area contributed by atoms with Gasteiger partial charge in [-0.15, -0.1) is 0 Å². The lowest BCUT2D eigenvalue weighted by Crippen LogP contribution is -2.44. The molecule has 19 heavy (non-hydrogen) atoms. The number of anilines is 1. The summed E-state index contributed by atoms with van der Waals surface area (Å²) in [5, 5.41) is 15.3. The van der Waals surface area contributed by atoms with Crippen molar-refractivity contribution < 1.29 is 14.3 Å². The number of hydrogen-bond donors (Lipinski definition) is 3. The van der Waals surface area contributed by atoms with Crippen molar-refractivity contribution >= 4 is 23.5 Å². The zero-order chi connectivity index (χ0) is 13.9. The predicted octanol–water partition coefficient (Wildman–Crippen LogP) is 2.12. The zero-order valence-electron chi connectivity index (χ0n) is 10.7. The summed E-state index contributed by atoms with van der Waals surface area (Å²) in [7, 11) is 0. The summed E-state index contributed by atoms with van der Waals surface area (Å²) in [6.07, 6.45) is 0.678. The van der Waals surface area contributed by atoms with Crippen molar-refractivity contribution in [2.24, 2.45) is 0 Å². The first kappa shape index (κ1) is 14.1. The third-order valence-electron chi connectivity index (χ3n) is 3.11. The Bertz CT molecular complexity index is 476. The Kier molecular flexibility index (Phi) is 4.31. The highest BCUT2D eigenvalue weighted by atomic mass is 32.2. The summed E-state index contributed by atoms with van der Waals surface area (Å²) in [5.74, 6) is 1.14. The molecule has 3 N–H and O–H groups in total. The lowest BCUT2D eigenvalue weighted by Gasteiger charge is -2.21. The van der Waals surface area contributed by atoms with E-state index in [9.17, 15) is 14.3 Å². The highest BCUT2D eigenvalue weighted by Gasteiger charge is 2.31. The maximum atomic E-state index is 13.1. The molecular weight excluding hydrogens is 267 g/mol. The van der Waals surface area contributed by atoms with Crippen molar-refractivity contribution in [3.63, 3.8) is 0 Å². The number of hydrogen-bond acceptors (Lipinski definition) is 3. The zero-order valence-corrected chi connectivity index (χ0v) is 11.5. The molecule has 1 atom stereocenters. The van der Waals surface area contributed by atoms with Gasteiger partial charge in [0.15, 0.2) is 0 Å². The van der Waals surface area contributed by atoms with Crippen molar-refractivity contribution in [1.82, 2.24) is 5.32 Å². The quantitative estimate of drug-likeness (QED) is 0.797. The summed E-state index contributed by atoms with van der Waals surface area (Å²) in [4.78, 5) is 11.7. The van der Waals surface area contributed by atoms with E-state index < -0.39 is 17.4 Å². The van der Waals surface area contributed by atoms with Gasteiger partial charge in [0.1, 0.15) is 5.82 Å². The monoisotopic (exact) mass is 284 g/mol. The maximum Gasteiger partial charge on any atom is 0.319 e. The third kappa shape index (κ3) is 3.84. The van der Waals surface area contributed by atoms with Crippen LogP contribution in [0.15, 0.2) is 18.2 Å². The van der Waals surface area contributed by atoms with Crippen LogP contribution in [0.25, 0.3) is 0 Å². The molecule has 6 heteroatoms. The van der Waals surface area contributed by atoms with Gasteiger partial charge in [-0.05, 0) is 36.8 Å². The Morgan fingerprint density at radius 2 is 2.37 bits per heavy atom. The van der Waals surface area contributed by atoms with Gasteiger partial charge in [0.05, 0.1) is 5.60 Å². The van der Waals surface area contributed by atoms with E-state index in [-0.39, 0.29) is 6.54 Å². The molecule has 0 spiro atoms. The molecule has 0 aromatic heterocycles. The lowest BCUT2D eigenvalue weighted by atomic mass is 10.0. The highest BCUT2D eigenvalue weighted by Crippen LogP contribution is 2.27. The molecule has 1 aliphatic heterocycles. The molecule has 2 rings (SSSR count). The number of amides is 2. The minimum Gasteiger partial charge on any atom is -0.387 e. The van der Waals surface area contributed by atoms with Crippen LogP contribution in [0, 0.1) is 12.7 Å². The molecule has 1 saturated heterocycles. The Morgan fingerprint density at radius 3 is 3.05 bits per heavy atom. The van der Waals surface area contributed by atoms with Crippen molar-refractivity contribution in [1.29, 1.82) is 0 Å². The average Bonchev–Trinajstić information content (AvgIpc) is 2.79. The Labute approximate surface area is 115 Å². The van der Waals surface area contributed by atoms with Crippen LogP contribution in [0.3, 0.4) is 0 Å². The lowest BCUT2D eigenvalue weighted by molar-refractivity contribution is 0.0706. The molecule has 1 aromatic rings. The van der Waals surface area contributed by atoms with Crippen LogP contribution < -0.4 is 10.6 Å². The first-order chi connectivity index (χ1) is 8.98. The molecule has 2 amide bonds. The fraction of sp³-hybridized carbons (Fsp3) is 0.462. The highest BCUT2D eigenvalue weighted by molar-refractivity contribution is 7.99. The number of urea groups is 1. The van der Waals surface area contributed by atoms with Crippen LogP contribution >= 0.6 is 11.8 Å². The number of nitrogens with one attached hydrogen (secondary N) is 2. The Hall–Kier alpha value is -1.27. The number of aliphatic hydroxyl groups is 1. The van der Waals surface area contributed by atoms with Gasteiger partial charge < -0.3 is 15.7 Å². The Morgan fingerprint density at radius 1 is 1.58 bits per heavy atom. The van der Waals surface area contributed by atoms with E-state index in [1.165, 1.54) is 12.1 Å². The van der Waals surface area contributed by atoms with E-state index in [2.05, 4.69) is 10.6 Å². The van der Waals surface area contributed by atoms with Gasteiger partial charge in [-0.25, -0.2) is 9.18 Å². The SMILES string of the molecule is Cc1ccc(F)cc1NC(=O)NCC1(O)CCSC1. The van der Waals surface area contributed by atoms with E-state index in [0.29, 0.717) is 17.9 Å². The number of rotatable bonds is 3. The van der Waals surface area contributed by atoms with Gasteiger partial charge in [0, 0.05) is 18.0 Å². The van der Waals surface area contributed by atoms with Gasteiger partial charge in [-0.2, -0.15) is 11.8 Å². The van der Waals surface area contributed by atoms with Crippen molar-refractivity contribution in [3.05, 3.63) is 29.6 Å². The van der Waals surface area contributed by atoms with Crippen LogP contribution in [0.2, 0.25) is 0 Å². The summed E-state index contributed by atoms with van der Waals surface area (Å²) < 4.78 is 13.1. The van der Waals surface area contributed by atoms with Crippen molar-refractivity contribution in [2.45, 2.75) is 18.9 Å². The second-order valence-electron chi connectivity index (χ2n) is 4.79. The van der Waals surface area contributed by atoms with E-state index in [1.54, 1.807) is 24.8 Å².